The van der Waals surface area contributed by atoms with Crippen molar-refractivity contribution >= 4 is 46.2 Å². The number of amides is 1. The van der Waals surface area contributed by atoms with Gasteiger partial charge in [0.15, 0.2) is 5.65 Å². The quantitative estimate of drug-likeness (QED) is 0.459. The summed E-state index contributed by atoms with van der Waals surface area (Å²) >= 11 is 7.21. The van der Waals surface area contributed by atoms with Crippen LogP contribution in [0, 0.1) is 5.82 Å². The molecule has 2 N–H and O–H groups in total. The van der Waals surface area contributed by atoms with Crippen molar-refractivity contribution in [2.24, 2.45) is 0 Å². The van der Waals surface area contributed by atoms with Gasteiger partial charge in [-0.05, 0) is 18.2 Å². The highest BCUT2D eigenvalue weighted by atomic mass is 35.5. The van der Waals surface area contributed by atoms with Crippen molar-refractivity contribution in [3.8, 4) is 10.6 Å². The topological polar surface area (TPSA) is 99.2 Å². The van der Waals surface area contributed by atoms with E-state index < -0.39 is 17.7 Å². The second-order valence-corrected chi connectivity index (χ2v) is 7.53. The lowest BCUT2D eigenvalue weighted by Gasteiger charge is -2.13. The summed E-state index contributed by atoms with van der Waals surface area (Å²) in [5, 5.41) is 9.24. The Bertz CT molecular complexity index is 1240. The number of nitrogens with zero attached hydrogens (tertiary/aromatic N) is 3. The molecule has 0 radical (unpaired) electrons. The molecule has 0 fully saturated rings. The number of fused-ring (bicyclic) bond motifs is 1. The summed E-state index contributed by atoms with van der Waals surface area (Å²) in [5.74, 6) is -2.04. The maximum absolute atomic E-state index is 13.8. The molecule has 10 heteroatoms. The average Bonchev–Trinajstić information content (AvgIpc) is 3.35. The van der Waals surface area contributed by atoms with E-state index in [9.17, 15) is 19.1 Å². The molecular formula is C19H12ClFN4O3S. The third-order valence-electron chi connectivity index (χ3n) is 4.17. The van der Waals surface area contributed by atoms with Gasteiger partial charge in [0.05, 0.1) is 28.2 Å². The Balaban J connectivity index is 1.58. The van der Waals surface area contributed by atoms with Crippen LogP contribution in [-0.4, -0.2) is 36.4 Å². The second kappa shape index (κ2) is 7.61. The Morgan fingerprint density at radius 1 is 1.24 bits per heavy atom. The molecule has 4 aromatic rings. The molecule has 146 valence electrons. The van der Waals surface area contributed by atoms with Gasteiger partial charge in [-0.15, -0.1) is 11.3 Å². The number of nitrogens with one attached hydrogen (secondary N) is 1. The standard InChI is InChI=1S/C19H12ClFN4O3S/c20-25(9-10-3-1-2-4-12(10)21)18(26)15-6-5-14(29-15)13-8-23-17-16(24-13)11(7-22-17)19(27)28/h1-8H,9H2,(H,22,23)(H,27,28). The Morgan fingerprint density at radius 2 is 2.03 bits per heavy atom. The molecule has 0 aliphatic rings. The maximum Gasteiger partial charge on any atom is 0.339 e. The van der Waals surface area contributed by atoms with E-state index in [0.29, 0.717) is 26.7 Å². The van der Waals surface area contributed by atoms with Gasteiger partial charge in [0.1, 0.15) is 16.9 Å². The first-order chi connectivity index (χ1) is 13.9. The second-order valence-electron chi connectivity index (χ2n) is 6.04. The first-order valence-electron chi connectivity index (χ1n) is 8.32. The molecule has 0 aliphatic heterocycles. The molecule has 0 bridgehead atoms. The lowest BCUT2D eigenvalue weighted by Crippen LogP contribution is -2.20. The van der Waals surface area contributed by atoms with E-state index in [1.54, 1.807) is 30.3 Å². The van der Waals surface area contributed by atoms with Crippen LogP contribution in [0.4, 0.5) is 4.39 Å². The third kappa shape index (κ3) is 3.69. The van der Waals surface area contributed by atoms with Crippen molar-refractivity contribution in [3.63, 3.8) is 0 Å². The van der Waals surface area contributed by atoms with Crippen LogP contribution in [0.5, 0.6) is 0 Å². The molecule has 1 aromatic carbocycles. The first-order valence-corrected chi connectivity index (χ1v) is 9.48. The van der Waals surface area contributed by atoms with Crippen LogP contribution in [0.3, 0.4) is 0 Å². The van der Waals surface area contributed by atoms with Crippen LogP contribution in [0.2, 0.25) is 0 Å². The molecular weight excluding hydrogens is 419 g/mol. The Labute approximate surface area is 172 Å². The van der Waals surface area contributed by atoms with E-state index in [1.165, 1.54) is 18.5 Å². The zero-order valence-electron chi connectivity index (χ0n) is 14.6. The minimum Gasteiger partial charge on any atom is -0.478 e. The minimum atomic E-state index is -1.12. The van der Waals surface area contributed by atoms with Crippen LogP contribution < -0.4 is 0 Å². The van der Waals surface area contributed by atoms with Gasteiger partial charge >= 0.3 is 5.97 Å². The lowest BCUT2D eigenvalue weighted by molar-refractivity contribution is 0.0698. The van der Waals surface area contributed by atoms with E-state index in [-0.39, 0.29) is 17.6 Å². The summed E-state index contributed by atoms with van der Waals surface area (Å²) in [7, 11) is 0. The number of hydrogen-bond acceptors (Lipinski definition) is 5. The summed E-state index contributed by atoms with van der Waals surface area (Å²) < 4.78 is 14.7. The fourth-order valence-corrected chi connectivity index (χ4v) is 3.91. The number of hydrogen-bond donors (Lipinski definition) is 2. The fraction of sp³-hybridized carbons (Fsp3) is 0.0526. The van der Waals surface area contributed by atoms with Gasteiger partial charge in [0.25, 0.3) is 5.91 Å². The number of carbonyl (C=O) groups excluding carboxylic acids is 1. The number of aromatic amines is 1. The molecule has 0 unspecified atom stereocenters. The highest BCUT2D eigenvalue weighted by Gasteiger charge is 2.20. The zero-order valence-corrected chi connectivity index (χ0v) is 16.2. The van der Waals surface area contributed by atoms with E-state index in [2.05, 4.69) is 15.0 Å². The van der Waals surface area contributed by atoms with Gasteiger partial charge in [-0.2, -0.15) is 0 Å². The largest absolute Gasteiger partial charge is 0.478 e. The smallest absolute Gasteiger partial charge is 0.339 e. The van der Waals surface area contributed by atoms with Crippen molar-refractivity contribution in [1.82, 2.24) is 19.4 Å². The van der Waals surface area contributed by atoms with Crippen molar-refractivity contribution in [2.75, 3.05) is 0 Å². The molecule has 0 atom stereocenters. The van der Waals surface area contributed by atoms with Gasteiger partial charge in [0, 0.05) is 23.5 Å². The molecule has 3 heterocycles. The first kappa shape index (κ1) is 19.0. The number of aromatic carboxylic acids is 1. The molecule has 0 spiro atoms. The normalized spacial score (nSPS) is 11.0. The summed E-state index contributed by atoms with van der Waals surface area (Å²) in [4.78, 5) is 36.1. The van der Waals surface area contributed by atoms with Gasteiger partial charge in [-0.25, -0.2) is 23.6 Å². The van der Waals surface area contributed by atoms with Crippen molar-refractivity contribution in [1.29, 1.82) is 0 Å². The number of carboxylic acid groups (broad SMARTS) is 1. The summed E-state index contributed by atoms with van der Waals surface area (Å²) in [6, 6.07) is 9.34. The molecule has 4 rings (SSSR count). The average molecular weight is 431 g/mol. The SMILES string of the molecule is O=C(O)c1c[nH]c2ncc(-c3ccc(C(=O)N(Cl)Cc4ccccc4F)s3)nc12. The highest BCUT2D eigenvalue weighted by Crippen LogP contribution is 2.29. The number of rotatable bonds is 5. The molecule has 1 amide bonds. The molecule has 0 saturated heterocycles. The van der Waals surface area contributed by atoms with Gasteiger partial charge < -0.3 is 10.1 Å². The fourth-order valence-electron chi connectivity index (χ4n) is 2.73. The summed E-state index contributed by atoms with van der Waals surface area (Å²) in [5.41, 5.74) is 1.33. The molecule has 29 heavy (non-hydrogen) atoms. The number of carboxylic acids is 1. The van der Waals surface area contributed by atoms with Crippen LogP contribution in [-0.2, 0) is 6.54 Å². The minimum absolute atomic E-state index is 0.0130. The Hall–Kier alpha value is -3.30. The third-order valence-corrected chi connectivity index (χ3v) is 5.54. The summed E-state index contributed by atoms with van der Waals surface area (Å²) in [6.07, 6.45) is 2.82. The van der Waals surface area contributed by atoms with Crippen molar-refractivity contribution < 1.29 is 19.1 Å². The van der Waals surface area contributed by atoms with Crippen LogP contribution >= 0.6 is 23.1 Å². The zero-order chi connectivity index (χ0) is 20.5. The van der Waals surface area contributed by atoms with Gasteiger partial charge in [0.2, 0.25) is 0 Å². The van der Waals surface area contributed by atoms with Gasteiger partial charge in [-0.1, -0.05) is 18.2 Å². The van der Waals surface area contributed by atoms with E-state index in [1.807, 2.05) is 0 Å². The van der Waals surface area contributed by atoms with E-state index in [4.69, 9.17) is 11.8 Å². The molecule has 3 aromatic heterocycles. The molecule has 0 aliphatic carbocycles. The van der Waals surface area contributed by atoms with E-state index in [0.717, 1.165) is 15.8 Å². The van der Waals surface area contributed by atoms with Crippen LogP contribution in [0.15, 0.2) is 48.8 Å². The number of halogens is 2. The number of H-pyrrole nitrogens is 1. The predicted molar refractivity (Wildman–Crippen MR) is 106 cm³/mol. The Morgan fingerprint density at radius 3 is 2.79 bits per heavy atom. The monoisotopic (exact) mass is 430 g/mol. The predicted octanol–water partition coefficient (Wildman–Crippen LogP) is 4.32. The number of thiophene rings is 1. The number of aromatic nitrogens is 3. The van der Waals surface area contributed by atoms with E-state index >= 15 is 0 Å². The summed E-state index contributed by atoms with van der Waals surface area (Å²) in [6.45, 7) is -0.0859. The number of carbonyl (C=O) groups is 2. The van der Waals surface area contributed by atoms with Crippen LogP contribution in [0.25, 0.3) is 21.7 Å². The van der Waals surface area contributed by atoms with Gasteiger partial charge in [-0.3, -0.25) is 4.79 Å². The molecule has 0 saturated carbocycles. The molecule has 7 nitrogen and oxygen atoms in total. The number of benzene rings is 1. The maximum atomic E-state index is 13.8. The van der Waals surface area contributed by atoms with Crippen molar-refractivity contribution in [3.05, 3.63) is 70.6 Å². The lowest BCUT2D eigenvalue weighted by atomic mass is 10.2. The Kier molecular flexibility index (Phi) is 4.99. The van der Waals surface area contributed by atoms with Crippen molar-refractivity contribution in [2.45, 2.75) is 6.54 Å². The highest BCUT2D eigenvalue weighted by molar-refractivity contribution is 7.17. The van der Waals surface area contributed by atoms with Crippen LogP contribution in [0.1, 0.15) is 25.6 Å².